The lowest BCUT2D eigenvalue weighted by Crippen LogP contribution is -2.35. The Labute approximate surface area is 178 Å². The maximum absolute atomic E-state index is 13.7. The number of esters is 1. The van der Waals surface area contributed by atoms with Gasteiger partial charge in [-0.15, -0.1) is 0 Å². The molecule has 0 amide bonds. The van der Waals surface area contributed by atoms with E-state index in [0.29, 0.717) is 28.8 Å². The summed E-state index contributed by atoms with van der Waals surface area (Å²) in [6, 6.07) is 11.3. The van der Waals surface area contributed by atoms with Crippen molar-refractivity contribution < 1.29 is 13.9 Å². The number of hydrogen-bond donors (Lipinski definition) is 1. The Hall–Kier alpha value is -2.41. The van der Waals surface area contributed by atoms with E-state index in [4.69, 9.17) is 27.9 Å². The minimum Gasteiger partial charge on any atom is -0.468 e. The number of carbonyl (C=O) groups excluding carboxylic acids is 1. The van der Waals surface area contributed by atoms with Gasteiger partial charge >= 0.3 is 5.97 Å². The van der Waals surface area contributed by atoms with Gasteiger partial charge in [-0.3, -0.25) is 9.69 Å². The summed E-state index contributed by atoms with van der Waals surface area (Å²) >= 11 is 12.3. The van der Waals surface area contributed by atoms with E-state index in [1.807, 2.05) is 23.1 Å². The molecule has 29 heavy (non-hydrogen) atoms. The van der Waals surface area contributed by atoms with Crippen LogP contribution in [0.15, 0.2) is 54.9 Å². The van der Waals surface area contributed by atoms with Crippen molar-refractivity contribution in [2.75, 3.05) is 13.7 Å². The third-order valence-electron chi connectivity index (χ3n) is 4.46. The third kappa shape index (κ3) is 6.03. The van der Waals surface area contributed by atoms with Gasteiger partial charge in [-0.05, 0) is 47.9 Å². The lowest BCUT2D eigenvalue weighted by Gasteiger charge is -2.30. The van der Waals surface area contributed by atoms with Gasteiger partial charge in [-0.25, -0.2) is 9.37 Å². The number of benzene rings is 2. The quantitative estimate of drug-likeness (QED) is 0.515. The molecule has 0 aliphatic rings. The first-order valence-electron chi connectivity index (χ1n) is 8.94. The highest BCUT2D eigenvalue weighted by Crippen LogP contribution is 2.28. The maximum atomic E-state index is 13.7. The molecule has 0 saturated carbocycles. The highest BCUT2D eigenvalue weighted by Gasteiger charge is 2.26. The molecule has 2 aromatic carbocycles. The minimum atomic E-state index is -0.401. The molecule has 1 atom stereocenters. The van der Waals surface area contributed by atoms with Crippen LogP contribution in [0.5, 0.6) is 0 Å². The van der Waals surface area contributed by atoms with Crippen LogP contribution in [0.3, 0.4) is 0 Å². The Kier molecular flexibility index (Phi) is 7.25. The molecule has 0 radical (unpaired) electrons. The molecule has 8 heteroatoms. The molecule has 3 rings (SSSR count). The summed E-state index contributed by atoms with van der Waals surface area (Å²) in [4.78, 5) is 21.5. The fraction of sp³-hybridized carbons (Fsp3) is 0.238. The summed E-state index contributed by atoms with van der Waals surface area (Å²) in [6.45, 7) is 0.333. The van der Waals surface area contributed by atoms with Crippen LogP contribution in [0.2, 0.25) is 10.0 Å². The number of halogens is 3. The van der Waals surface area contributed by atoms with Gasteiger partial charge in [0.2, 0.25) is 0 Å². The average Bonchev–Trinajstić information content (AvgIpc) is 3.19. The number of rotatable bonds is 8. The topological polar surface area (TPSA) is 58.2 Å². The summed E-state index contributed by atoms with van der Waals surface area (Å²) in [5.41, 5.74) is 1.62. The lowest BCUT2D eigenvalue weighted by atomic mass is 10.0. The molecule has 0 saturated heterocycles. The first kappa shape index (κ1) is 21.3. The van der Waals surface area contributed by atoms with Gasteiger partial charge in [-0.2, -0.15) is 0 Å². The molecule has 0 fully saturated rings. The van der Waals surface area contributed by atoms with Crippen LogP contribution >= 0.6 is 23.2 Å². The highest BCUT2D eigenvalue weighted by atomic mass is 35.5. The molecular formula is C21H20Cl2FN3O2. The first-order chi connectivity index (χ1) is 13.9. The molecule has 3 aromatic rings. The van der Waals surface area contributed by atoms with Gasteiger partial charge in [0.15, 0.2) is 0 Å². The zero-order valence-corrected chi connectivity index (χ0v) is 17.3. The van der Waals surface area contributed by atoms with Crippen molar-refractivity contribution in [1.82, 2.24) is 14.9 Å². The number of H-pyrrole nitrogens is 1. The van der Waals surface area contributed by atoms with Crippen molar-refractivity contribution >= 4 is 29.2 Å². The highest BCUT2D eigenvalue weighted by molar-refractivity contribution is 6.34. The van der Waals surface area contributed by atoms with E-state index >= 15 is 0 Å². The summed E-state index contributed by atoms with van der Waals surface area (Å²) in [6.07, 6.45) is 3.84. The third-order valence-corrected chi connectivity index (χ3v) is 4.90. The van der Waals surface area contributed by atoms with E-state index in [2.05, 4.69) is 9.97 Å². The minimum absolute atomic E-state index is 0.00662. The van der Waals surface area contributed by atoms with Gasteiger partial charge in [0.25, 0.3) is 0 Å². The number of hydrogen-bond acceptors (Lipinski definition) is 4. The molecule has 0 aliphatic carbocycles. The molecule has 0 spiro atoms. The van der Waals surface area contributed by atoms with E-state index in [1.165, 1.54) is 19.2 Å². The van der Waals surface area contributed by atoms with Gasteiger partial charge in [0.1, 0.15) is 11.6 Å². The van der Waals surface area contributed by atoms with E-state index in [0.717, 1.165) is 11.1 Å². The zero-order chi connectivity index (χ0) is 20.8. The molecule has 1 heterocycles. The van der Waals surface area contributed by atoms with E-state index in [1.54, 1.807) is 24.5 Å². The number of carbonyl (C=O) groups is 1. The summed E-state index contributed by atoms with van der Waals surface area (Å²) < 4.78 is 18.6. The Morgan fingerprint density at radius 1 is 1.21 bits per heavy atom. The van der Waals surface area contributed by atoms with Crippen LogP contribution in [0.4, 0.5) is 4.39 Å². The largest absolute Gasteiger partial charge is 0.468 e. The van der Waals surface area contributed by atoms with Crippen molar-refractivity contribution in [2.24, 2.45) is 0 Å². The number of nitrogens with zero attached hydrogens (tertiary/aromatic N) is 2. The van der Waals surface area contributed by atoms with Crippen LogP contribution in [0.1, 0.15) is 23.0 Å². The van der Waals surface area contributed by atoms with Crippen molar-refractivity contribution in [3.63, 3.8) is 0 Å². The van der Waals surface area contributed by atoms with Crippen molar-refractivity contribution in [3.8, 4) is 0 Å². The molecule has 0 bridgehead atoms. The van der Waals surface area contributed by atoms with Gasteiger partial charge in [-0.1, -0.05) is 35.3 Å². The Balaban J connectivity index is 1.96. The number of ether oxygens (including phenoxy) is 1. The van der Waals surface area contributed by atoms with E-state index < -0.39 is 5.97 Å². The number of aromatic amines is 1. The van der Waals surface area contributed by atoms with Crippen LogP contribution in [-0.4, -0.2) is 34.5 Å². The second-order valence-electron chi connectivity index (χ2n) is 6.58. The Morgan fingerprint density at radius 3 is 2.59 bits per heavy atom. The predicted octanol–water partition coefficient (Wildman–Crippen LogP) is 4.81. The standard InChI is InChI=1S/C21H20Cl2FN3O2/c1-29-20(28)13-27(12-14-3-2-4-18(24)9-14)19(21-25-5-6-26-21)10-15-7-16(22)11-17(23)8-15/h2-9,11,19H,10,12-13H2,1H3,(H,25,26). The predicted molar refractivity (Wildman–Crippen MR) is 110 cm³/mol. The van der Waals surface area contributed by atoms with E-state index in [-0.39, 0.29) is 18.4 Å². The summed E-state index contributed by atoms with van der Waals surface area (Å²) in [5, 5.41) is 1.05. The number of methoxy groups -OCH3 is 1. The fourth-order valence-electron chi connectivity index (χ4n) is 3.19. The zero-order valence-electron chi connectivity index (χ0n) is 15.7. The Morgan fingerprint density at radius 2 is 1.97 bits per heavy atom. The normalized spacial score (nSPS) is 12.2. The molecule has 1 N–H and O–H groups in total. The van der Waals surface area contributed by atoms with Crippen molar-refractivity contribution in [1.29, 1.82) is 0 Å². The Bertz CT molecular complexity index is 946. The van der Waals surface area contributed by atoms with Gasteiger partial charge in [0, 0.05) is 29.0 Å². The SMILES string of the molecule is COC(=O)CN(Cc1cccc(F)c1)C(Cc1cc(Cl)cc(Cl)c1)c1ncc[nH]1. The summed E-state index contributed by atoms with van der Waals surface area (Å²) in [7, 11) is 1.33. The fourth-order valence-corrected chi connectivity index (χ4v) is 3.76. The van der Waals surface area contributed by atoms with Crippen molar-refractivity contribution in [3.05, 3.63) is 87.7 Å². The smallest absolute Gasteiger partial charge is 0.319 e. The van der Waals surface area contributed by atoms with Crippen LogP contribution in [-0.2, 0) is 22.5 Å². The monoisotopic (exact) mass is 435 g/mol. The molecule has 152 valence electrons. The van der Waals surface area contributed by atoms with Crippen LogP contribution in [0, 0.1) is 5.82 Å². The van der Waals surface area contributed by atoms with Gasteiger partial charge < -0.3 is 9.72 Å². The molecule has 1 unspecified atom stereocenters. The molecular weight excluding hydrogens is 416 g/mol. The number of imidazole rings is 1. The van der Waals surface area contributed by atoms with Gasteiger partial charge in [0.05, 0.1) is 19.7 Å². The second-order valence-corrected chi connectivity index (χ2v) is 7.46. The number of aromatic nitrogens is 2. The molecule has 0 aliphatic heterocycles. The lowest BCUT2D eigenvalue weighted by molar-refractivity contribution is -0.142. The van der Waals surface area contributed by atoms with Crippen molar-refractivity contribution in [2.45, 2.75) is 19.0 Å². The molecule has 5 nitrogen and oxygen atoms in total. The van der Waals surface area contributed by atoms with E-state index in [9.17, 15) is 9.18 Å². The molecule has 1 aromatic heterocycles. The average molecular weight is 436 g/mol. The second kappa shape index (κ2) is 9.87. The summed E-state index contributed by atoms with van der Waals surface area (Å²) in [5.74, 6) is -0.0693. The maximum Gasteiger partial charge on any atom is 0.319 e. The van der Waals surface area contributed by atoms with Crippen LogP contribution in [0.25, 0.3) is 0 Å². The number of nitrogens with one attached hydrogen (secondary N) is 1. The first-order valence-corrected chi connectivity index (χ1v) is 9.69. The van der Waals surface area contributed by atoms with Crippen LogP contribution < -0.4 is 0 Å².